The van der Waals surface area contributed by atoms with Crippen molar-refractivity contribution in [3.8, 4) is 0 Å². The van der Waals surface area contributed by atoms with Crippen molar-refractivity contribution in [2.45, 2.75) is 31.7 Å². The fourth-order valence-electron chi connectivity index (χ4n) is 4.08. The Balaban J connectivity index is 1.51. The molecule has 134 valence electrons. The van der Waals surface area contributed by atoms with Gasteiger partial charge >= 0.3 is 0 Å². The summed E-state index contributed by atoms with van der Waals surface area (Å²) in [5.74, 6) is 1.38. The second-order valence-electron chi connectivity index (χ2n) is 7.29. The van der Waals surface area contributed by atoms with Crippen molar-refractivity contribution in [3.63, 3.8) is 0 Å². The van der Waals surface area contributed by atoms with Gasteiger partial charge in [0, 0.05) is 12.6 Å². The van der Waals surface area contributed by atoms with Crippen LogP contribution in [0.5, 0.6) is 0 Å². The molecule has 1 unspecified atom stereocenters. The van der Waals surface area contributed by atoms with E-state index in [-0.39, 0.29) is 5.91 Å². The van der Waals surface area contributed by atoms with Crippen LogP contribution in [-0.4, -0.2) is 31.4 Å². The highest BCUT2D eigenvalue weighted by Gasteiger charge is 2.30. The van der Waals surface area contributed by atoms with Gasteiger partial charge in [-0.25, -0.2) is 0 Å². The van der Waals surface area contributed by atoms with Crippen molar-refractivity contribution in [1.82, 2.24) is 10.2 Å². The highest BCUT2D eigenvalue weighted by molar-refractivity contribution is 7.12. The molecule has 1 aliphatic carbocycles. The summed E-state index contributed by atoms with van der Waals surface area (Å²) in [5, 5.41) is 5.06. The zero-order valence-electron chi connectivity index (χ0n) is 15.2. The van der Waals surface area contributed by atoms with Gasteiger partial charge in [0.15, 0.2) is 0 Å². The van der Waals surface area contributed by atoms with E-state index in [0.717, 1.165) is 11.4 Å². The quantitative estimate of drug-likeness (QED) is 0.821. The van der Waals surface area contributed by atoms with Crippen LogP contribution in [0.25, 0.3) is 0 Å². The van der Waals surface area contributed by atoms with Crippen LogP contribution in [0.2, 0.25) is 0 Å². The van der Waals surface area contributed by atoms with E-state index in [2.05, 4.69) is 54.6 Å². The largest absolute Gasteiger partial charge is 0.351 e. The molecule has 1 aromatic heterocycles. The Morgan fingerprint density at radius 1 is 1.12 bits per heavy atom. The zero-order valence-corrected chi connectivity index (χ0v) is 16.0. The molecule has 0 saturated heterocycles. The van der Waals surface area contributed by atoms with Gasteiger partial charge in [-0.1, -0.05) is 36.4 Å². The molecule has 25 heavy (non-hydrogen) atoms. The molecule has 1 aromatic carbocycles. The van der Waals surface area contributed by atoms with Crippen LogP contribution in [0.1, 0.15) is 47.0 Å². The third-order valence-electron chi connectivity index (χ3n) is 5.33. The summed E-state index contributed by atoms with van der Waals surface area (Å²) in [7, 11) is 4.37. The number of hydrogen-bond donors (Lipinski definition) is 1. The minimum atomic E-state index is 0.0765. The third-order valence-corrected chi connectivity index (χ3v) is 6.20. The number of nitrogens with one attached hydrogen (secondary N) is 1. The maximum absolute atomic E-state index is 12.1. The molecule has 1 saturated carbocycles. The second-order valence-corrected chi connectivity index (χ2v) is 8.23. The van der Waals surface area contributed by atoms with Crippen LogP contribution in [0.3, 0.4) is 0 Å². The molecule has 2 aromatic rings. The lowest BCUT2D eigenvalue weighted by atomic mass is 9.76. The predicted molar refractivity (Wildman–Crippen MR) is 105 cm³/mol. The lowest BCUT2D eigenvalue weighted by Crippen LogP contribution is -2.34. The Bertz CT molecular complexity index is 646. The molecule has 1 fully saturated rings. The van der Waals surface area contributed by atoms with Crippen molar-refractivity contribution in [3.05, 3.63) is 58.3 Å². The maximum Gasteiger partial charge on any atom is 0.261 e. The number of thiophene rings is 1. The van der Waals surface area contributed by atoms with E-state index in [1.165, 1.54) is 42.6 Å². The van der Waals surface area contributed by atoms with Gasteiger partial charge in [-0.05, 0) is 68.6 Å². The lowest BCUT2D eigenvalue weighted by molar-refractivity contribution is 0.0938. The van der Waals surface area contributed by atoms with E-state index >= 15 is 0 Å². The number of amides is 1. The van der Waals surface area contributed by atoms with E-state index in [0.29, 0.717) is 17.9 Å². The molecular formula is C21H28N2OS. The molecule has 1 atom stereocenters. The number of benzene rings is 1. The van der Waals surface area contributed by atoms with Crippen LogP contribution in [0.15, 0.2) is 47.8 Å². The first-order chi connectivity index (χ1) is 12.1. The summed E-state index contributed by atoms with van der Waals surface area (Å²) in [5.41, 5.74) is 1.42. The van der Waals surface area contributed by atoms with Gasteiger partial charge < -0.3 is 10.2 Å². The fourth-order valence-corrected chi connectivity index (χ4v) is 4.72. The molecule has 0 spiro atoms. The monoisotopic (exact) mass is 356 g/mol. The van der Waals surface area contributed by atoms with Crippen molar-refractivity contribution in [2.24, 2.45) is 11.8 Å². The molecule has 3 nitrogen and oxygen atoms in total. The van der Waals surface area contributed by atoms with E-state index in [4.69, 9.17) is 0 Å². The summed E-state index contributed by atoms with van der Waals surface area (Å²) in [6.45, 7) is 0.807. The van der Waals surface area contributed by atoms with E-state index in [1.807, 2.05) is 17.5 Å². The van der Waals surface area contributed by atoms with Crippen molar-refractivity contribution in [1.29, 1.82) is 0 Å². The Kier molecular flexibility index (Phi) is 6.27. The van der Waals surface area contributed by atoms with Crippen LogP contribution in [0, 0.1) is 11.8 Å². The SMILES string of the molecule is CN(C)C(c1ccccc1)C1CCC(CNC(=O)c2cccs2)CC1. The van der Waals surface area contributed by atoms with Crippen molar-refractivity contribution < 1.29 is 4.79 Å². The first-order valence-corrected chi connectivity index (χ1v) is 10.1. The number of rotatable bonds is 6. The van der Waals surface area contributed by atoms with Crippen molar-refractivity contribution >= 4 is 17.2 Å². The highest BCUT2D eigenvalue weighted by atomic mass is 32.1. The maximum atomic E-state index is 12.1. The summed E-state index contributed by atoms with van der Waals surface area (Å²) in [4.78, 5) is 15.3. The highest BCUT2D eigenvalue weighted by Crippen LogP contribution is 2.39. The molecule has 1 amide bonds. The molecular weight excluding hydrogens is 328 g/mol. The third kappa shape index (κ3) is 4.71. The van der Waals surface area contributed by atoms with Gasteiger partial charge in [0.05, 0.1) is 4.88 Å². The Labute approximate surface area is 155 Å². The zero-order chi connectivity index (χ0) is 17.6. The Morgan fingerprint density at radius 2 is 1.84 bits per heavy atom. The van der Waals surface area contributed by atoms with Crippen LogP contribution < -0.4 is 5.32 Å². The molecule has 1 N–H and O–H groups in total. The molecule has 4 heteroatoms. The number of hydrogen-bond acceptors (Lipinski definition) is 3. The molecule has 3 rings (SSSR count). The molecule has 0 bridgehead atoms. The average Bonchev–Trinajstić information content (AvgIpc) is 3.16. The minimum Gasteiger partial charge on any atom is -0.351 e. The van der Waals surface area contributed by atoms with Gasteiger partial charge in [-0.15, -0.1) is 11.3 Å². The number of nitrogens with zero attached hydrogens (tertiary/aromatic N) is 1. The molecule has 1 aliphatic rings. The predicted octanol–water partition coefficient (Wildman–Crippen LogP) is 4.59. The lowest BCUT2D eigenvalue weighted by Gasteiger charge is -2.37. The standard InChI is InChI=1S/C21H28N2OS/c1-23(2)20(17-7-4-3-5-8-17)18-12-10-16(11-13-18)15-22-21(24)19-9-6-14-25-19/h3-9,14,16,18,20H,10-13,15H2,1-2H3,(H,22,24). The average molecular weight is 357 g/mol. The molecule has 0 aliphatic heterocycles. The summed E-state index contributed by atoms with van der Waals surface area (Å²) in [6.07, 6.45) is 4.87. The van der Waals surface area contributed by atoms with E-state index < -0.39 is 0 Å². The molecule has 0 radical (unpaired) electrons. The Hall–Kier alpha value is -1.65. The van der Waals surface area contributed by atoms with Gasteiger partial charge in [-0.3, -0.25) is 4.79 Å². The van der Waals surface area contributed by atoms with Gasteiger partial charge in [0.25, 0.3) is 5.91 Å². The fraction of sp³-hybridized carbons (Fsp3) is 0.476. The van der Waals surface area contributed by atoms with Crippen LogP contribution >= 0.6 is 11.3 Å². The smallest absolute Gasteiger partial charge is 0.261 e. The first kappa shape index (κ1) is 18.2. The van der Waals surface area contributed by atoms with E-state index in [1.54, 1.807) is 0 Å². The van der Waals surface area contributed by atoms with Gasteiger partial charge in [0.1, 0.15) is 0 Å². The first-order valence-electron chi connectivity index (χ1n) is 9.18. The normalized spacial score (nSPS) is 21.9. The summed E-state index contributed by atoms with van der Waals surface area (Å²) < 4.78 is 0. The minimum absolute atomic E-state index is 0.0765. The summed E-state index contributed by atoms with van der Waals surface area (Å²) in [6, 6.07) is 15.2. The van der Waals surface area contributed by atoms with Gasteiger partial charge in [-0.2, -0.15) is 0 Å². The van der Waals surface area contributed by atoms with Crippen molar-refractivity contribution in [2.75, 3.05) is 20.6 Å². The summed E-state index contributed by atoms with van der Waals surface area (Å²) >= 11 is 1.51. The van der Waals surface area contributed by atoms with Crippen LogP contribution in [0.4, 0.5) is 0 Å². The van der Waals surface area contributed by atoms with Crippen LogP contribution in [-0.2, 0) is 0 Å². The Morgan fingerprint density at radius 3 is 2.44 bits per heavy atom. The molecule has 1 heterocycles. The number of carbonyl (C=O) groups is 1. The number of carbonyl (C=O) groups excluding carboxylic acids is 1. The van der Waals surface area contributed by atoms with Gasteiger partial charge in [0.2, 0.25) is 0 Å². The second kappa shape index (κ2) is 8.63. The topological polar surface area (TPSA) is 32.3 Å². The van der Waals surface area contributed by atoms with E-state index in [9.17, 15) is 4.79 Å².